The zero-order chi connectivity index (χ0) is 29.0. The predicted octanol–water partition coefficient (Wildman–Crippen LogP) is 6.08. The third-order valence-corrected chi connectivity index (χ3v) is 7.25. The van der Waals surface area contributed by atoms with Gasteiger partial charge in [0, 0.05) is 22.2 Å². The van der Waals surface area contributed by atoms with E-state index in [-0.39, 0.29) is 24.4 Å². The summed E-state index contributed by atoms with van der Waals surface area (Å²) in [5.41, 5.74) is 0.672. The second-order valence-electron chi connectivity index (χ2n) is 10.2. The van der Waals surface area contributed by atoms with E-state index < -0.39 is 41.2 Å². The van der Waals surface area contributed by atoms with Crippen LogP contribution in [-0.2, 0) is 22.6 Å². The van der Waals surface area contributed by atoms with Gasteiger partial charge in [0.05, 0.1) is 17.8 Å². The summed E-state index contributed by atoms with van der Waals surface area (Å²) in [5, 5.41) is 5.78. The maximum atomic E-state index is 15.2. The highest BCUT2D eigenvalue weighted by molar-refractivity contribution is 7.99. The van der Waals surface area contributed by atoms with Crippen LogP contribution in [0.3, 0.4) is 0 Å². The van der Waals surface area contributed by atoms with Gasteiger partial charge >= 0.3 is 6.09 Å². The first kappa shape index (κ1) is 29.4. The fourth-order valence-electron chi connectivity index (χ4n) is 3.96. The molecule has 0 radical (unpaired) electrons. The molecule has 4 rings (SSSR count). The van der Waals surface area contributed by atoms with Crippen molar-refractivity contribution in [2.45, 2.75) is 50.4 Å². The molecule has 1 aliphatic rings. The Morgan fingerprint density at radius 2 is 1.70 bits per heavy atom. The zero-order valence-electron chi connectivity index (χ0n) is 22.1. The molecule has 0 bridgehead atoms. The number of alkyl carbamates (subject to hydrolysis) is 1. The summed E-state index contributed by atoms with van der Waals surface area (Å²) in [6.07, 6.45) is -0.754. The Morgan fingerprint density at radius 1 is 1.05 bits per heavy atom. The summed E-state index contributed by atoms with van der Waals surface area (Å²) < 4.78 is 33.7. The lowest BCUT2D eigenvalue weighted by molar-refractivity contribution is -0.120. The Bertz CT molecular complexity index is 1410. The largest absolute Gasteiger partial charge is 0.444 e. The molecule has 0 aromatic heterocycles. The Labute approximate surface area is 240 Å². The average molecular weight is 588 g/mol. The molecule has 3 aromatic carbocycles. The summed E-state index contributed by atoms with van der Waals surface area (Å²) >= 11 is 7.21. The second kappa shape index (κ2) is 12.3. The number of ether oxygens (including phenoxy) is 1. The lowest BCUT2D eigenvalue weighted by Crippen LogP contribution is -2.50. The molecule has 0 unspecified atom stereocenters. The molecule has 0 fully saturated rings. The van der Waals surface area contributed by atoms with Crippen molar-refractivity contribution >= 4 is 47.0 Å². The molecule has 3 aromatic rings. The van der Waals surface area contributed by atoms with Crippen LogP contribution in [0.25, 0.3) is 0 Å². The molecule has 1 aliphatic heterocycles. The minimum atomic E-state index is -0.974. The van der Waals surface area contributed by atoms with Gasteiger partial charge in [-0.2, -0.15) is 0 Å². The fraction of sp³-hybridized carbons (Fsp3) is 0.276. The van der Waals surface area contributed by atoms with Gasteiger partial charge in [-0.1, -0.05) is 35.9 Å². The van der Waals surface area contributed by atoms with Crippen molar-refractivity contribution in [3.05, 3.63) is 94.0 Å². The summed E-state index contributed by atoms with van der Waals surface area (Å²) in [6, 6.07) is 14.0. The van der Waals surface area contributed by atoms with Gasteiger partial charge in [0.25, 0.3) is 11.8 Å². The van der Waals surface area contributed by atoms with Crippen molar-refractivity contribution in [3.63, 3.8) is 0 Å². The van der Waals surface area contributed by atoms with Crippen molar-refractivity contribution in [3.8, 4) is 0 Å². The summed E-state index contributed by atoms with van der Waals surface area (Å²) in [7, 11) is 0. The third-order valence-electron chi connectivity index (χ3n) is 5.86. The molecule has 0 spiro atoms. The van der Waals surface area contributed by atoms with E-state index in [1.807, 2.05) is 0 Å². The maximum absolute atomic E-state index is 15.2. The molecule has 0 saturated carbocycles. The molecule has 7 nitrogen and oxygen atoms in total. The van der Waals surface area contributed by atoms with E-state index in [0.717, 1.165) is 5.56 Å². The van der Waals surface area contributed by atoms with Gasteiger partial charge in [-0.3, -0.25) is 9.59 Å². The van der Waals surface area contributed by atoms with Crippen LogP contribution < -0.4 is 15.5 Å². The number of carbonyl (C=O) groups is 3. The Morgan fingerprint density at radius 3 is 2.35 bits per heavy atom. The van der Waals surface area contributed by atoms with E-state index in [4.69, 9.17) is 16.3 Å². The first-order valence-corrected chi connectivity index (χ1v) is 13.8. The second-order valence-corrected chi connectivity index (χ2v) is 11.7. The lowest BCUT2D eigenvalue weighted by Gasteiger charge is -2.27. The van der Waals surface area contributed by atoms with Crippen molar-refractivity contribution in [2.75, 3.05) is 10.7 Å². The molecule has 0 aliphatic carbocycles. The van der Waals surface area contributed by atoms with Crippen LogP contribution in [0, 0.1) is 11.6 Å². The third kappa shape index (κ3) is 7.51. The molecule has 11 heteroatoms. The number of hydrogen-bond donors (Lipinski definition) is 2. The SMILES string of the molecule is CC(C)(C)OC(=O)N[C@H]1CSc2cc(F)c(C(=O)NCc3ccc(F)cc3)cc2N(Cc2ccc(Cl)cc2)C1=O. The van der Waals surface area contributed by atoms with Crippen molar-refractivity contribution in [1.82, 2.24) is 10.6 Å². The first-order chi connectivity index (χ1) is 18.9. The van der Waals surface area contributed by atoms with Gasteiger partial charge in [0.1, 0.15) is 23.3 Å². The van der Waals surface area contributed by atoms with Crippen LogP contribution in [0.1, 0.15) is 42.3 Å². The minimum absolute atomic E-state index is 0.0552. The van der Waals surface area contributed by atoms with Crippen molar-refractivity contribution < 1.29 is 27.9 Å². The van der Waals surface area contributed by atoms with Gasteiger partial charge in [-0.05, 0) is 68.3 Å². The quantitative estimate of drug-likeness (QED) is 0.365. The van der Waals surface area contributed by atoms with Crippen LogP contribution in [0.5, 0.6) is 0 Å². The predicted molar refractivity (Wildman–Crippen MR) is 150 cm³/mol. The Kier molecular flexibility index (Phi) is 9.00. The monoisotopic (exact) mass is 587 g/mol. The van der Waals surface area contributed by atoms with Crippen LogP contribution in [0.15, 0.2) is 65.6 Å². The maximum Gasteiger partial charge on any atom is 0.408 e. The molecular weight excluding hydrogens is 560 g/mol. The van der Waals surface area contributed by atoms with Crippen molar-refractivity contribution in [2.24, 2.45) is 0 Å². The molecule has 1 atom stereocenters. The normalized spacial score (nSPS) is 15.2. The van der Waals surface area contributed by atoms with E-state index in [2.05, 4.69) is 10.6 Å². The molecule has 2 N–H and O–H groups in total. The minimum Gasteiger partial charge on any atom is -0.444 e. The average Bonchev–Trinajstić information content (AvgIpc) is 3.00. The number of benzene rings is 3. The summed E-state index contributed by atoms with van der Waals surface area (Å²) in [5.74, 6) is -2.19. The number of hydrogen-bond acceptors (Lipinski definition) is 5. The highest BCUT2D eigenvalue weighted by Crippen LogP contribution is 2.37. The topological polar surface area (TPSA) is 87.7 Å². The first-order valence-electron chi connectivity index (χ1n) is 12.4. The smallest absolute Gasteiger partial charge is 0.408 e. The molecule has 1 heterocycles. The van der Waals surface area contributed by atoms with E-state index >= 15 is 4.39 Å². The van der Waals surface area contributed by atoms with Crippen LogP contribution in [0.2, 0.25) is 5.02 Å². The van der Waals surface area contributed by atoms with E-state index in [9.17, 15) is 18.8 Å². The number of halogens is 3. The van der Waals surface area contributed by atoms with E-state index in [1.54, 1.807) is 45.0 Å². The zero-order valence-corrected chi connectivity index (χ0v) is 23.7. The molecule has 0 saturated heterocycles. The van der Waals surface area contributed by atoms with E-state index in [0.29, 0.717) is 21.2 Å². The number of fused-ring (bicyclic) bond motifs is 1. The number of anilines is 1. The standard InChI is InChI=1S/C29H28ClF2N3O4S/c1-29(2,3)39-28(38)34-23-16-40-25-13-22(32)21(26(36)33-14-17-6-10-20(31)11-7-17)12-24(25)35(27(23)37)15-18-4-8-19(30)9-5-18/h4-13,23H,14-16H2,1-3H3,(H,33,36)(H,34,38)/t23-/m0/s1. The Hall–Kier alpha value is -3.63. The number of nitrogens with zero attached hydrogens (tertiary/aromatic N) is 1. The lowest BCUT2D eigenvalue weighted by atomic mass is 10.1. The van der Waals surface area contributed by atoms with Gasteiger partial charge in [0.15, 0.2) is 0 Å². The molecule has 210 valence electrons. The highest BCUT2D eigenvalue weighted by Gasteiger charge is 2.34. The summed E-state index contributed by atoms with van der Waals surface area (Å²) in [6.45, 7) is 5.27. The molecule has 3 amide bonds. The van der Waals surface area contributed by atoms with Crippen molar-refractivity contribution in [1.29, 1.82) is 0 Å². The number of rotatable bonds is 6. The van der Waals surface area contributed by atoms with Crippen LogP contribution in [-0.4, -0.2) is 35.3 Å². The van der Waals surface area contributed by atoms with Crippen LogP contribution in [0.4, 0.5) is 19.3 Å². The van der Waals surface area contributed by atoms with Gasteiger partial charge in [0.2, 0.25) is 0 Å². The highest BCUT2D eigenvalue weighted by atomic mass is 35.5. The van der Waals surface area contributed by atoms with Gasteiger partial charge < -0.3 is 20.3 Å². The fourth-order valence-corrected chi connectivity index (χ4v) is 5.17. The van der Waals surface area contributed by atoms with E-state index in [1.165, 1.54) is 53.1 Å². The number of carbonyl (C=O) groups excluding carboxylic acids is 3. The number of thioether (sulfide) groups is 1. The van der Waals surface area contributed by atoms with Gasteiger partial charge in [-0.25, -0.2) is 13.6 Å². The van der Waals surface area contributed by atoms with Crippen LogP contribution >= 0.6 is 23.4 Å². The summed E-state index contributed by atoms with van der Waals surface area (Å²) in [4.78, 5) is 41.1. The Balaban J connectivity index is 1.65. The molecule has 40 heavy (non-hydrogen) atoms. The number of amides is 3. The molecular formula is C29H28ClF2N3O4S. The van der Waals surface area contributed by atoms with Gasteiger partial charge in [-0.15, -0.1) is 11.8 Å². The number of nitrogens with one attached hydrogen (secondary N) is 2.